The van der Waals surface area contributed by atoms with Crippen LogP contribution in [0.15, 0.2) is 0 Å². The van der Waals surface area contributed by atoms with Gasteiger partial charge in [0.2, 0.25) is 0 Å². The van der Waals surface area contributed by atoms with E-state index in [0.29, 0.717) is 28.0 Å². The highest BCUT2D eigenvalue weighted by Crippen LogP contribution is 2.36. The van der Waals surface area contributed by atoms with Gasteiger partial charge in [0.15, 0.2) is 0 Å². The molecule has 0 saturated heterocycles. The van der Waals surface area contributed by atoms with Crippen LogP contribution in [-0.4, -0.2) is 19.1 Å². The van der Waals surface area contributed by atoms with Gasteiger partial charge < -0.3 is 15.8 Å². The number of carbonyl (C=O) groups is 1. The van der Waals surface area contributed by atoms with E-state index in [1.54, 1.807) is 6.92 Å². The Morgan fingerprint density at radius 1 is 1.55 bits per heavy atom. The Kier molecular flexibility index (Phi) is 4.85. The Balaban J connectivity index is 2.13. The average Bonchev–Trinajstić information content (AvgIpc) is 3.04. The number of nitriles is 1. The molecule has 0 bridgehead atoms. The summed E-state index contributed by atoms with van der Waals surface area (Å²) in [6.45, 7) is 2.87. The van der Waals surface area contributed by atoms with Crippen molar-refractivity contribution in [2.75, 3.05) is 24.2 Å². The van der Waals surface area contributed by atoms with Crippen molar-refractivity contribution in [2.24, 2.45) is 5.92 Å². The first-order valence-electron chi connectivity index (χ1n) is 6.90. The maximum Gasteiger partial charge on any atom is 0.350 e. The molecule has 0 amide bonds. The number of hydrogen-bond donors (Lipinski definition) is 2. The van der Waals surface area contributed by atoms with Crippen molar-refractivity contribution in [2.45, 2.75) is 32.6 Å². The lowest BCUT2D eigenvalue weighted by Gasteiger charge is -2.10. The van der Waals surface area contributed by atoms with E-state index >= 15 is 0 Å². The van der Waals surface area contributed by atoms with Crippen LogP contribution in [-0.2, 0) is 4.74 Å². The number of anilines is 2. The molecule has 108 valence electrons. The van der Waals surface area contributed by atoms with Crippen LogP contribution in [0.1, 0.15) is 47.8 Å². The molecule has 1 saturated carbocycles. The van der Waals surface area contributed by atoms with Crippen LogP contribution in [0.2, 0.25) is 0 Å². The summed E-state index contributed by atoms with van der Waals surface area (Å²) in [7, 11) is 0. The smallest absolute Gasteiger partial charge is 0.350 e. The number of thiophene rings is 1. The van der Waals surface area contributed by atoms with Crippen LogP contribution in [0, 0.1) is 17.2 Å². The molecule has 0 aliphatic heterocycles. The van der Waals surface area contributed by atoms with E-state index in [0.717, 1.165) is 6.54 Å². The molecule has 1 aliphatic rings. The fourth-order valence-corrected chi connectivity index (χ4v) is 3.45. The minimum atomic E-state index is -0.458. The minimum Gasteiger partial charge on any atom is -0.462 e. The Morgan fingerprint density at radius 3 is 2.85 bits per heavy atom. The van der Waals surface area contributed by atoms with Gasteiger partial charge in [0.1, 0.15) is 21.5 Å². The predicted octanol–water partition coefficient (Wildman–Crippen LogP) is 2.98. The summed E-state index contributed by atoms with van der Waals surface area (Å²) in [6.07, 6.45) is 5.00. The summed E-state index contributed by atoms with van der Waals surface area (Å²) < 4.78 is 4.95. The van der Waals surface area contributed by atoms with Crippen molar-refractivity contribution in [3.63, 3.8) is 0 Å². The van der Waals surface area contributed by atoms with Crippen molar-refractivity contribution in [3.05, 3.63) is 10.4 Å². The van der Waals surface area contributed by atoms with Crippen molar-refractivity contribution >= 4 is 28.0 Å². The van der Waals surface area contributed by atoms with Gasteiger partial charge in [-0.3, -0.25) is 0 Å². The first-order chi connectivity index (χ1) is 9.67. The van der Waals surface area contributed by atoms with Gasteiger partial charge in [-0.05, 0) is 25.7 Å². The SMILES string of the molecule is CCOC(=O)c1sc(NCC2CCCC2)c(C#N)c1N. The number of nitrogen functional groups attached to an aromatic ring is 1. The molecule has 5 nitrogen and oxygen atoms in total. The van der Waals surface area contributed by atoms with E-state index in [1.165, 1.54) is 37.0 Å². The highest BCUT2D eigenvalue weighted by Gasteiger charge is 2.23. The summed E-state index contributed by atoms with van der Waals surface area (Å²) in [4.78, 5) is 12.1. The topological polar surface area (TPSA) is 88.1 Å². The first kappa shape index (κ1) is 14.7. The van der Waals surface area contributed by atoms with Gasteiger partial charge in [-0.15, -0.1) is 11.3 Å². The molecule has 0 spiro atoms. The van der Waals surface area contributed by atoms with Crippen molar-refractivity contribution < 1.29 is 9.53 Å². The third-order valence-corrected chi connectivity index (χ3v) is 4.69. The zero-order chi connectivity index (χ0) is 14.5. The second-order valence-electron chi connectivity index (χ2n) is 4.91. The maximum atomic E-state index is 11.8. The fraction of sp³-hybridized carbons (Fsp3) is 0.571. The molecule has 0 aromatic carbocycles. The maximum absolute atomic E-state index is 11.8. The lowest BCUT2D eigenvalue weighted by Crippen LogP contribution is -2.10. The molecule has 0 radical (unpaired) electrons. The molecule has 3 N–H and O–H groups in total. The number of nitrogens with zero attached hydrogens (tertiary/aromatic N) is 1. The molecular weight excluding hydrogens is 274 g/mol. The average molecular weight is 293 g/mol. The molecule has 0 unspecified atom stereocenters. The van der Waals surface area contributed by atoms with Crippen LogP contribution < -0.4 is 11.1 Å². The molecule has 6 heteroatoms. The quantitative estimate of drug-likeness (QED) is 0.815. The Labute approximate surface area is 122 Å². The van der Waals surface area contributed by atoms with Crippen LogP contribution in [0.25, 0.3) is 0 Å². The van der Waals surface area contributed by atoms with E-state index in [9.17, 15) is 10.1 Å². The van der Waals surface area contributed by atoms with E-state index in [-0.39, 0.29) is 5.69 Å². The third kappa shape index (κ3) is 3.05. The summed E-state index contributed by atoms with van der Waals surface area (Å²) in [5.41, 5.74) is 6.46. The van der Waals surface area contributed by atoms with Gasteiger partial charge in [0.25, 0.3) is 0 Å². The molecular formula is C14H19N3O2S. The first-order valence-corrected chi connectivity index (χ1v) is 7.72. The highest BCUT2D eigenvalue weighted by atomic mass is 32.1. The van der Waals surface area contributed by atoms with E-state index in [2.05, 4.69) is 11.4 Å². The number of nitrogens with one attached hydrogen (secondary N) is 1. The van der Waals surface area contributed by atoms with Crippen LogP contribution in [0.3, 0.4) is 0 Å². The molecule has 1 aliphatic carbocycles. The zero-order valence-corrected chi connectivity index (χ0v) is 12.4. The van der Waals surface area contributed by atoms with Crippen molar-refractivity contribution in [1.82, 2.24) is 0 Å². The van der Waals surface area contributed by atoms with Gasteiger partial charge >= 0.3 is 5.97 Å². The standard InChI is InChI=1S/C14H19N3O2S/c1-2-19-14(18)12-11(16)10(7-15)13(20-12)17-8-9-5-3-4-6-9/h9,17H,2-6,8,16H2,1H3. The number of esters is 1. The van der Waals surface area contributed by atoms with E-state index < -0.39 is 5.97 Å². The van der Waals surface area contributed by atoms with Crippen LogP contribution in [0.5, 0.6) is 0 Å². The molecule has 1 fully saturated rings. The summed E-state index contributed by atoms with van der Waals surface area (Å²) in [5.74, 6) is 0.191. The second kappa shape index (κ2) is 6.62. The molecule has 0 atom stereocenters. The fourth-order valence-electron chi connectivity index (χ4n) is 2.48. The normalized spacial score (nSPS) is 15.0. The number of nitrogens with two attached hydrogens (primary N) is 1. The van der Waals surface area contributed by atoms with Crippen molar-refractivity contribution in [1.29, 1.82) is 5.26 Å². The summed E-state index contributed by atoms with van der Waals surface area (Å²) >= 11 is 1.21. The van der Waals surface area contributed by atoms with Gasteiger partial charge in [0.05, 0.1) is 12.3 Å². The number of ether oxygens (including phenoxy) is 1. The monoisotopic (exact) mass is 293 g/mol. The lowest BCUT2D eigenvalue weighted by molar-refractivity contribution is 0.0533. The number of carbonyl (C=O) groups excluding carboxylic acids is 1. The molecule has 1 aromatic heterocycles. The van der Waals surface area contributed by atoms with E-state index in [1.807, 2.05) is 0 Å². The Bertz CT molecular complexity index is 527. The van der Waals surface area contributed by atoms with Crippen molar-refractivity contribution in [3.8, 4) is 6.07 Å². The van der Waals surface area contributed by atoms with Gasteiger partial charge in [-0.2, -0.15) is 5.26 Å². The molecule has 1 aromatic rings. The molecule has 1 heterocycles. The number of rotatable bonds is 5. The number of hydrogen-bond acceptors (Lipinski definition) is 6. The minimum absolute atomic E-state index is 0.227. The van der Waals surface area contributed by atoms with Gasteiger partial charge in [-0.25, -0.2) is 4.79 Å². The lowest BCUT2D eigenvalue weighted by atomic mass is 10.1. The highest BCUT2D eigenvalue weighted by molar-refractivity contribution is 7.18. The largest absolute Gasteiger partial charge is 0.462 e. The summed E-state index contributed by atoms with van der Waals surface area (Å²) in [5, 5.41) is 13.2. The predicted molar refractivity (Wildman–Crippen MR) is 79.9 cm³/mol. The van der Waals surface area contributed by atoms with Crippen LogP contribution in [0.4, 0.5) is 10.7 Å². The van der Waals surface area contributed by atoms with E-state index in [4.69, 9.17) is 10.5 Å². The third-order valence-electron chi connectivity index (χ3n) is 3.54. The molecule has 2 rings (SSSR count). The van der Waals surface area contributed by atoms with Crippen LogP contribution >= 0.6 is 11.3 Å². The molecule has 20 heavy (non-hydrogen) atoms. The Hall–Kier alpha value is -1.74. The van der Waals surface area contributed by atoms with Gasteiger partial charge in [0, 0.05) is 6.54 Å². The summed E-state index contributed by atoms with van der Waals surface area (Å²) in [6, 6.07) is 2.07. The second-order valence-corrected chi connectivity index (χ2v) is 5.93. The zero-order valence-electron chi connectivity index (χ0n) is 11.6. The van der Waals surface area contributed by atoms with Gasteiger partial charge in [-0.1, -0.05) is 12.8 Å². The Morgan fingerprint density at radius 2 is 2.25 bits per heavy atom.